The highest BCUT2D eigenvalue weighted by atomic mass is 16.6. The first-order valence-electron chi connectivity index (χ1n) is 7.69. The second-order valence-electron chi connectivity index (χ2n) is 4.67. The van der Waals surface area contributed by atoms with Crippen molar-refractivity contribution in [1.29, 1.82) is 0 Å². The van der Waals surface area contributed by atoms with Gasteiger partial charge in [-0.05, 0) is 19.0 Å². The van der Waals surface area contributed by atoms with Gasteiger partial charge in [-0.1, -0.05) is 37.9 Å². The lowest BCUT2D eigenvalue weighted by molar-refractivity contribution is -0.0252. The lowest BCUT2D eigenvalue weighted by Gasteiger charge is -2.20. The second kappa shape index (κ2) is 9.56. The van der Waals surface area contributed by atoms with Crippen molar-refractivity contribution in [2.45, 2.75) is 38.7 Å². The summed E-state index contributed by atoms with van der Waals surface area (Å²) in [6, 6.07) is 8.52. The van der Waals surface area contributed by atoms with Crippen LogP contribution in [0.2, 0.25) is 6.32 Å². The predicted molar refractivity (Wildman–Crippen MR) is 80.4 cm³/mol. The van der Waals surface area contributed by atoms with Gasteiger partial charge in [-0.25, -0.2) is 4.79 Å². The van der Waals surface area contributed by atoms with Gasteiger partial charge in [0.1, 0.15) is 6.61 Å². The van der Waals surface area contributed by atoms with Crippen LogP contribution >= 0.6 is 0 Å². The summed E-state index contributed by atoms with van der Waals surface area (Å²) in [5, 5.41) is 9.10. The van der Waals surface area contributed by atoms with Crippen LogP contribution in [0.25, 0.3) is 0 Å². The lowest BCUT2D eigenvalue weighted by Crippen LogP contribution is -2.32. The van der Waals surface area contributed by atoms with E-state index in [4.69, 9.17) is 16.0 Å². The largest absolute Gasteiger partial charge is 0.460 e. The zero-order valence-electron chi connectivity index (χ0n) is 13.0. The molecule has 0 aliphatic carbocycles. The molecule has 20 heavy (non-hydrogen) atoms. The van der Waals surface area contributed by atoms with Crippen LogP contribution in [0.1, 0.15) is 32.0 Å². The molecule has 0 heterocycles. The van der Waals surface area contributed by atoms with Gasteiger partial charge in [-0.3, -0.25) is 0 Å². The monoisotopic (exact) mass is 279 g/mol. The van der Waals surface area contributed by atoms with Gasteiger partial charge in [-0.15, -0.1) is 0 Å². The Morgan fingerprint density at radius 3 is 2.80 bits per heavy atom. The van der Waals surface area contributed by atoms with Gasteiger partial charge in [0.25, 0.3) is 0 Å². The summed E-state index contributed by atoms with van der Waals surface area (Å²) in [5.41, 5.74) is 0.506. The van der Waals surface area contributed by atoms with Crippen molar-refractivity contribution in [1.82, 2.24) is 0 Å². The summed E-state index contributed by atoms with van der Waals surface area (Å²) < 4.78 is 18.2. The van der Waals surface area contributed by atoms with Crippen molar-refractivity contribution < 1.29 is 20.7 Å². The van der Waals surface area contributed by atoms with E-state index < -0.39 is 6.10 Å². The average molecular weight is 279 g/mol. The van der Waals surface area contributed by atoms with Gasteiger partial charge in [0.15, 0.2) is 7.28 Å². The van der Waals surface area contributed by atoms with E-state index in [-0.39, 0.29) is 32.1 Å². The van der Waals surface area contributed by atoms with E-state index in [1.54, 1.807) is 24.3 Å². The number of carbonyl (C=O) groups is 1. The molecule has 0 aromatic heterocycles. The fourth-order valence-electron chi connectivity index (χ4n) is 1.76. The third-order valence-corrected chi connectivity index (χ3v) is 2.88. The third kappa shape index (κ3) is 6.22. The molecule has 0 saturated heterocycles. The van der Waals surface area contributed by atoms with Gasteiger partial charge >= 0.3 is 5.97 Å². The molecule has 0 radical (unpaired) electrons. The molecule has 0 amide bonds. The Hall–Kier alpha value is -1.33. The van der Waals surface area contributed by atoms with Gasteiger partial charge in [0.05, 0.1) is 24.3 Å². The Balaban J connectivity index is 2.50. The quantitative estimate of drug-likeness (QED) is 0.553. The van der Waals surface area contributed by atoms with E-state index >= 15 is 0 Å². The van der Waals surface area contributed by atoms with Crippen LogP contribution in [0.3, 0.4) is 0 Å². The zero-order valence-corrected chi connectivity index (χ0v) is 12.0. The minimum atomic E-state index is -0.526. The second-order valence-corrected chi connectivity index (χ2v) is 4.67. The molecular formula is C15H23BO4. The highest BCUT2D eigenvalue weighted by Gasteiger charge is 2.17. The standard InChI is InChI=1S/C15H23BO4/c1-3-9-16-14(20-12(2)10-17)11-19-15(18)13-7-5-4-6-8-13/h4-8,12,14,16-17H,3,9-11H2,1-2H3/t12-,14-/m1/s1/i2D. The summed E-state index contributed by atoms with van der Waals surface area (Å²) >= 11 is 0. The molecule has 0 spiro atoms. The molecule has 1 N–H and O–H groups in total. The molecule has 0 saturated carbocycles. The van der Waals surface area contributed by atoms with Crippen molar-refractivity contribution >= 4 is 13.2 Å². The molecule has 1 rings (SSSR count). The molecule has 110 valence electrons. The molecule has 5 heteroatoms. The number of rotatable bonds is 9. The van der Waals surface area contributed by atoms with E-state index in [2.05, 4.69) is 6.92 Å². The topological polar surface area (TPSA) is 55.8 Å². The maximum absolute atomic E-state index is 11.9. The molecule has 1 aromatic carbocycles. The predicted octanol–water partition coefficient (Wildman–Crippen LogP) is 1.83. The van der Waals surface area contributed by atoms with Crippen molar-refractivity contribution in [2.24, 2.45) is 0 Å². The summed E-state index contributed by atoms with van der Waals surface area (Å²) in [7, 11) is 0.745. The van der Waals surface area contributed by atoms with Crippen LogP contribution in [-0.2, 0) is 9.47 Å². The van der Waals surface area contributed by atoms with Crippen molar-refractivity contribution in [3.63, 3.8) is 0 Å². The van der Waals surface area contributed by atoms with Gasteiger partial charge in [-0.2, -0.15) is 0 Å². The molecule has 4 nitrogen and oxygen atoms in total. The fraction of sp³-hybridized carbons (Fsp3) is 0.533. The Morgan fingerprint density at radius 2 is 2.20 bits per heavy atom. The molecule has 0 aliphatic rings. The average Bonchev–Trinajstić information content (AvgIpc) is 2.54. The van der Waals surface area contributed by atoms with Crippen molar-refractivity contribution in [3.05, 3.63) is 35.9 Å². The van der Waals surface area contributed by atoms with Crippen LogP contribution in [0.15, 0.2) is 30.3 Å². The molecule has 0 bridgehead atoms. The minimum Gasteiger partial charge on any atom is -0.460 e. The first-order chi connectivity index (χ1) is 10.2. The number of aliphatic hydroxyl groups excluding tert-OH is 1. The number of benzene rings is 1. The first kappa shape index (κ1) is 15.1. The molecule has 0 aliphatic heterocycles. The van der Waals surface area contributed by atoms with E-state index in [0.29, 0.717) is 5.56 Å². The summed E-state index contributed by atoms with van der Waals surface area (Å²) in [5.74, 6) is -0.382. The van der Waals surface area contributed by atoms with Crippen LogP contribution in [0, 0.1) is 0 Å². The molecule has 0 unspecified atom stereocenters. The summed E-state index contributed by atoms with van der Waals surface area (Å²) in [4.78, 5) is 11.9. The Bertz CT molecular complexity index is 398. The highest BCUT2D eigenvalue weighted by Crippen LogP contribution is 2.05. The van der Waals surface area contributed by atoms with Gasteiger partial charge < -0.3 is 14.6 Å². The molecule has 0 fully saturated rings. The van der Waals surface area contributed by atoms with Gasteiger partial charge in [0, 0.05) is 1.37 Å². The van der Waals surface area contributed by atoms with Crippen LogP contribution in [0.4, 0.5) is 0 Å². The number of ether oxygens (including phenoxy) is 2. The number of hydrogen-bond donors (Lipinski definition) is 1. The van der Waals surface area contributed by atoms with E-state index in [0.717, 1.165) is 20.0 Å². The normalized spacial score (nSPS) is 14.2. The summed E-state index contributed by atoms with van der Waals surface area (Å²) in [6.07, 6.45) is 1.43. The SMILES string of the molecule is [2H]C[C@H](CO)O[C@@H](BCCC)COC(=O)c1ccccc1. The van der Waals surface area contributed by atoms with Crippen molar-refractivity contribution in [3.8, 4) is 0 Å². The first-order valence-corrected chi connectivity index (χ1v) is 6.99. The summed E-state index contributed by atoms with van der Waals surface area (Å²) in [6.45, 7) is 2.01. The van der Waals surface area contributed by atoms with Crippen LogP contribution in [-0.4, -0.2) is 43.7 Å². The lowest BCUT2D eigenvalue weighted by atomic mass is 9.67. The molecule has 2 atom stereocenters. The fourth-order valence-corrected chi connectivity index (χ4v) is 1.76. The number of aliphatic hydroxyl groups is 1. The number of carbonyl (C=O) groups excluding carboxylic acids is 1. The van der Waals surface area contributed by atoms with Crippen LogP contribution < -0.4 is 0 Å². The maximum atomic E-state index is 11.9. The minimum absolute atomic E-state index is 0.00818. The zero-order chi connectivity index (χ0) is 15.5. The van der Waals surface area contributed by atoms with E-state index in [1.165, 1.54) is 0 Å². The van der Waals surface area contributed by atoms with Crippen LogP contribution in [0.5, 0.6) is 0 Å². The van der Waals surface area contributed by atoms with Gasteiger partial charge in [0.2, 0.25) is 0 Å². The Labute approximate surface area is 122 Å². The van der Waals surface area contributed by atoms with E-state index in [9.17, 15) is 4.79 Å². The highest BCUT2D eigenvalue weighted by molar-refractivity contribution is 6.37. The number of hydrogen-bond acceptors (Lipinski definition) is 4. The third-order valence-electron chi connectivity index (χ3n) is 2.88. The smallest absolute Gasteiger partial charge is 0.338 e. The van der Waals surface area contributed by atoms with Crippen molar-refractivity contribution in [2.75, 3.05) is 13.2 Å². The Kier molecular flexibility index (Phi) is 7.20. The number of esters is 1. The van der Waals surface area contributed by atoms with E-state index in [1.807, 2.05) is 6.07 Å². The maximum Gasteiger partial charge on any atom is 0.338 e. The molecule has 1 aromatic rings. The molecular weight excluding hydrogens is 255 g/mol. The Morgan fingerprint density at radius 1 is 1.45 bits per heavy atom.